The third-order valence-electron chi connectivity index (χ3n) is 7.79. The molecule has 0 radical (unpaired) electrons. The van der Waals surface area contributed by atoms with Crippen LogP contribution in [-0.4, -0.2) is 44.2 Å². The Labute approximate surface area is 197 Å². The average Bonchev–Trinajstić information content (AvgIpc) is 3.01. The molecule has 1 saturated heterocycles. The minimum absolute atomic E-state index is 0.0175. The van der Waals surface area contributed by atoms with Gasteiger partial charge in [-0.1, -0.05) is 30.7 Å². The van der Waals surface area contributed by atoms with Crippen LogP contribution in [0.25, 0.3) is 0 Å². The molecule has 0 amide bonds. The number of hydrogen-bond acceptors (Lipinski definition) is 3. The Hall–Kier alpha value is -1.97. The highest BCUT2D eigenvalue weighted by molar-refractivity contribution is 7.89. The molecule has 9 heteroatoms. The van der Waals surface area contributed by atoms with Crippen LogP contribution in [0.5, 0.6) is 0 Å². The van der Waals surface area contributed by atoms with Crippen molar-refractivity contribution >= 4 is 10.0 Å². The number of likely N-dealkylation sites (N-methyl/N-ethyl adjacent to an activating group) is 1. The molecule has 0 spiro atoms. The van der Waals surface area contributed by atoms with Gasteiger partial charge in [-0.2, -0.15) is 13.2 Å². The highest BCUT2D eigenvalue weighted by atomic mass is 32.2. The van der Waals surface area contributed by atoms with Gasteiger partial charge in [0.15, 0.2) is 0 Å². The zero-order valence-corrected chi connectivity index (χ0v) is 19.7. The van der Waals surface area contributed by atoms with E-state index in [4.69, 9.17) is 0 Å². The maximum Gasteiger partial charge on any atom is 0.416 e. The number of nitrogens with one attached hydrogen (secondary N) is 1. The average molecular weight is 497 g/mol. The van der Waals surface area contributed by atoms with Crippen molar-refractivity contribution in [2.75, 3.05) is 20.1 Å². The highest BCUT2D eigenvalue weighted by Gasteiger charge is 2.44. The molecule has 184 valence electrons. The fourth-order valence-corrected chi connectivity index (χ4v) is 7.61. The molecule has 5 rings (SSSR count). The summed E-state index contributed by atoms with van der Waals surface area (Å²) in [6.45, 7) is 0.560. The topological polar surface area (TPSA) is 49.4 Å². The minimum atomic E-state index is -4.40. The Morgan fingerprint density at radius 2 is 1.82 bits per heavy atom. The summed E-state index contributed by atoms with van der Waals surface area (Å²) >= 11 is 0. The summed E-state index contributed by atoms with van der Waals surface area (Å²) in [5, 5.41) is 2.94. The molecule has 1 saturated carbocycles. The Bertz CT molecular complexity index is 1190. The second-order valence-corrected chi connectivity index (χ2v) is 12.0. The summed E-state index contributed by atoms with van der Waals surface area (Å²) in [7, 11) is -1.49. The summed E-state index contributed by atoms with van der Waals surface area (Å²) < 4.78 is 81.3. The van der Waals surface area contributed by atoms with Crippen molar-refractivity contribution in [2.45, 2.75) is 61.4 Å². The third-order valence-corrected chi connectivity index (χ3v) is 10.1. The SMILES string of the molecule is CNC1Cc2cc(F)c(C3CN(S(=O)(=O)C4CCC4)C3)cc2C1Cc1cccc(C(F)(F)F)c1. The van der Waals surface area contributed by atoms with Crippen LogP contribution in [0.4, 0.5) is 17.6 Å². The van der Waals surface area contributed by atoms with E-state index < -0.39 is 21.8 Å². The minimum Gasteiger partial charge on any atom is -0.316 e. The molecule has 2 unspecified atom stereocenters. The molecule has 2 aromatic rings. The van der Waals surface area contributed by atoms with Crippen LogP contribution in [-0.2, 0) is 29.0 Å². The van der Waals surface area contributed by atoms with Crippen LogP contribution < -0.4 is 5.32 Å². The van der Waals surface area contributed by atoms with E-state index in [0.29, 0.717) is 36.8 Å². The molecule has 2 atom stereocenters. The van der Waals surface area contributed by atoms with E-state index >= 15 is 4.39 Å². The monoisotopic (exact) mass is 496 g/mol. The van der Waals surface area contributed by atoms with E-state index in [2.05, 4.69) is 5.32 Å². The molecule has 1 aliphatic heterocycles. The van der Waals surface area contributed by atoms with E-state index in [1.807, 2.05) is 13.1 Å². The van der Waals surface area contributed by atoms with Gasteiger partial charge in [-0.15, -0.1) is 0 Å². The molecular weight excluding hydrogens is 468 g/mol. The maximum atomic E-state index is 15.0. The first-order valence-corrected chi connectivity index (χ1v) is 13.2. The van der Waals surface area contributed by atoms with Gasteiger partial charge < -0.3 is 5.32 Å². The fraction of sp³-hybridized carbons (Fsp3) is 0.520. The van der Waals surface area contributed by atoms with Gasteiger partial charge in [0.1, 0.15) is 5.82 Å². The van der Waals surface area contributed by atoms with Gasteiger partial charge >= 0.3 is 6.18 Å². The summed E-state index contributed by atoms with van der Waals surface area (Å²) in [5.41, 5.74) is 2.21. The molecule has 0 aromatic heterocycles. The first kappa shape index (κ1) is 23.8. The van der Waals surface area contributed by atoms with Crippen molar-refractivity contribution < 1.29 is 26.0 Å². The van der Waals surface area contributed by atoms with Crippen molar-refractivity contribution in [1.29, 1.82) is 0 Å². The van der Waals surface area contributed by atoms with Gasteiger partial charge in [0, 0.05) is 31.0 Å². The normalized spacial score (nSPS) is 24.0. The van der Waals surface area contributed by atoms with Gasteiger partial charge in [0.25, 0.3) is 0 Å². The molecule has 0 bridgehead atoms. The Balaban J connectivity index is 1.38. The fourth-order valence-electron chi connectivity index (χ4n) is 5.49. The largest absolute Gasteiger partial charge is 0.416 e. The number of hydrogen-bond donors (Lipinski definition) is 1. The molecular formula is C25H28F4N2O2S. The van der Waals surface area contributed by atoms with Crippen molar-refractivity contribution in [3.63, 3.8) is 0 Å². The number of alkyl halides is 3. The van der Waals surface area contributed by atoms with Crippen LogP contribution in [0.15, 0.2) is 36.4 Å². The van der Waals surface area contributed by atoms with Crippen molar-refractivity contribution in [3.8, 4) is 0 Å². The van der Waals surface area contributed by atoms with Crippen LogP contribution in [0, 0.1) is 5.82 Å². The van der Waals surface area contributed by atoms with Crippen molar-refractivity contribution in [1.82, 2.24) is 9.62 Å². The number of benzene rings is 2. The highest BCUT2D eigenvalue weighted by Crippen LogP contribution is 2.42. The number of halogens is 4. The van der Waals surface area contributed by atoms with E-state index in [-0.39, 0.29) is 42.0 Å². The standard InChI is InChI=1S/C25H28F4N2O2S/c1-30-24-11-16-10-23(26)21(17-13-31(14-17)34(32,33)19-6-3-7-19)12-20(16)22(24)9-15-4-2-5-18(8-15)25(27,28)29/h2,4-5,8,10,12,17,19,22,24,30H,3,6-7,9,11,13-14H2,1H3. The van der Waals surface area contributed by atoms with Gasteiger partial charge in [-0.05, 0) is 67.1 Å². The number of sulfonamides is 1. The number of rotatable bonds is 6. The second-order valence-electron chi connectivity index (χ2n) is 9.79. The summed E-state index contributed by atoms with van der Waals surface area (Å²) in [5.74, 6) is -0.639. The van der Waals surface area contributed by atoms with Crippen LogP contribution in [0.1, 0.15) is 58.9 Å². The lowest BCUT2D eigenvalue weighted by Crippen LogP contribution is -2.53. The predicted octanol–water partition coefficient (Wildman–Crippen LogP) is 4.60. The Morgan fingerprint density at radius 3 is 2.44 bits per heavy atom. The van der Waals surface area contributed by atoms with Crippen molar-refractivity contribution in [3.05, 3.63) is 70.0 Å². The zero-order chi connectivity index (χ0) is 24.3. The van der Waals surface area contributed by atoms with E-state index in [0.717, 1.165) is 23.6 Å². The van der Waals surface area contributed by atoms with E-state index in [1.54, 1.807) is 6.07 Å². The van der Waals surface area contributed by atoms with Crippen LogP contribution in [0.3, 0.4) is 0 Å². The molecule has 4 nitrogen and oxygen atoms in total. The lowest BCUT2D eigenvalue weighted by Gasteiger charge is -2.42. The summed E-state index contributed by atoms with van der Waals surface area (Å²) in [4.78, 5) is 0. The van der Waals surface area contributed by atoms with Crippen LogP contribution in [0.2, 0.25) is 0 Å². The molecule has 2 aromatic carbocycles. The molecule has 2 aliphatic carbocycles. The molecule has 1 N–H and O–H groups in total. The van der Waals surface area contributed by atoms with Gasteiger partial charge in [-0.3, -0.25) is 0 Å². The summed E-state index contributed by atoms with van der Waals surface area (Å²) in [6, 6.07) is 8.71. The summed E-state index contributed by atoms with van der Waals surface area (Å²) in [6.07, 6.45) is -1.09. The Kier molecular flexibility index (Phi) is 6.01. The van der Waals surface area contributed by atoms with Gasteiger partial charge in [0.2, 0.25) is 10.0 Å². The van der Waals surface area contributed by atoms with E-state index in [9.17, 15) is 21.6 Å². The first-order chi connectivity index (χ1) is 16.1. The lowest BCUT2D eigenvalue weighted by atomic mass is 9.86. The smallest absolute Gasteiger partial charge is 0.316 e. The van der Waals surface area contributed by atoms with Crippen molar-refractivity contribution in [2.24, 2.45) is 0 Å². The first-order valence-electron chi connectivity index (χ1n) is 11.7. The third kappa shape index (κ3) is 4.16. The zero-order valence-electron chi connectivity index (χ0n) is 18.9. The van der Waals surface area contributed by atoms with Gasteiger partial charge in [-0.25, -0.2) is 17.1 Å². The molecule has 34 heavy (non-hydrogen) atoms. The van der Waals surface area contributed by atoms with Gasteiger partial charge in [0.05, 0.1) is 10.8 Å². The van der Waals surface area contributed by atoms with E-state index in [1.165, 1.54) is 22.5 Å². The molecule has 2 fully saturated rings. The maximum absolute atomic E-state index is 15.0. The predicted molar refractivity (Wildman–Crippen MR) is 122 cm³/mol. The van der Waals surface area contributed by atoms with Crippen LogP contribution >= 0.6 is 0 Å². The number of nitrogens with zero attached hydrogens (tertiary/aromatic N) is 1. The molecule has 3 aliphatic rings. The second kappa shape index (κ2) is 8.60. The quantitative estimate of drug-likeness (QED) is 0.595. The number of fused-ring (bicyclic) bond motifs is 1. The molecule has 1 heterocycles. The lowest BCUT2D eigenvalue weighted by molar-refractivity contribution is -0.137. The Morgan fingerprint density at radius 1 is 1.09 bits per heavy atom.